The number of esters is 1. The van der Waals surface area contributed by atoms with Gasteiger partial charge in [-0.15, -0.1) is 8.86 Å². The second-order valence-corrected chi connectivity index (χ2v) is 21.8. The van der Waals surface area contributed by atoms with Crippen molar-refractivity contribution >= 4 is 32.1 Å². The first-order chi connectivity index (χ1) is 25.1. The van der Waals surface area contributed by atoms with Gasteiger partial charge in [0.05, 0.1) is 12.8 Å². The van der Waals surface area contributed by atoms with Gasteiger partial charge in [0.1, 0.15) is 6.10 Å². The van der Waals surface area contributed by atoms with Crippen molar-refractivity contribution in [2.75, 3.05) is 13.1 Å². The second-order valence-electron chi connectivity index (χ2n) is 21.1. The van der Waals surface area contributed by atoms with Crippen molar-refractivity contribution in [3.8, 4) is 0 Å². The largest absolute Gasteiger partial charge is 0.481 e. The zero-order valence-corrected chi connectivity index (χ0v) is 37.1. The van der Waals surface area contributed by atoms with Gasteiger partial charge in [-0.3, -0.25) is 19.3 Å². The summed E-state index contributed by atoms with van der Waals surface area (Å²) in [6.07, 6.45) is 12.9. The van der Waals surface area contributed by atoms with Gasteiger partial charge in [-0.1, -0.05) is 74.5 Å². The number of carboxylic acid groups (broad SMARTS) is 1. The third-order valence-corrected chi connectivity index (χ3v) is 17.6. The van der Waals surface area contributed by atoms with Crippen LogP contribution in [0.5, 0.6) is 0 Å². The number of nitrogens with one attached hydrogen (secondary N) is 1. The van der Waals surface area contributed by atoms with Crippen molar-refractivity contribution in [3.63, 3.8) is 0 Å². The predicted octanol–water partition coefficient (Wildman–Crippen LogP) is 10.3. The summed E-state index contributed by atoms with van der Waals surface area (Å²) in [7, 11) is 3.69. The van der Waals surface area contributed by atoms with Gasteiger partial charge in [0.25, 0.3) is 0 Å². The van der Waals surface area contributed by atoms with Crippen LogP contribution >= 0.6 is 8.86 Å². The molecule has 6 fully saturated rings. The highest BCUT2D eigenvalue weighted by molar-refractivity contribution is 7.20. The average Bonchev–Trinajstić information content (AvgIpc) is 3.68. The molecular formula is C46H77N2O5P. The van der Waals surface area contributed by atoms with Crippen LogP contribution in [-0.4, -0.2) is 58.5 Å². The Bertz CT molecular complexity index is 1470. The fraction of sp³-hybridized carbons (Fsp3) is 0.870. The van der Waals surface area contributed by atoms with Crippen LogP contribution < -0.4 is 5.32 Å². The molecule has 306 valence electrons. The zero-order valence-electron chi connectivity index (χ0n) is 36.1. The molecule has 6 rings (SSSR count). The molecule has 1 saturated heterocycles. The number of allylic oxidation sites excluding steroid dienone is 1. The maximum Gasteiger partial charge on any atom is 0.306 e. The number of nitrogens with zero attached hydrogens (tertiary/aromatic N) is 1. The molecule has 0 bridgehead atoms. The van der Waals surface area contributed by atoms with Crippen LogP contribution in [0.2, 0.25) is 0 Å². The predicted molar refractivity (Wildman–Crippen MR) is 223 cm³/mol. The van der Waals surface area contributed by atoms with Crippen LogP contribution in [0.25, 0.3) is 0 Å². The van der Waals surface area contributed by atoms with E-state index in [4.69, 9.17) is 4.74 Å². The highest BCUT2D eigenvalue weighted by Crippen LogP contribution is 2.78. The summed E-state index contributed by atoms with van der Waals surface area (Å²) in [5.41, 5.74) is 2.28. The lowest BCUT2D eigenvalue weighted by Crippen LogP contribution is -2.67. The lowest BCUT2D eigenvalue weighted by atomic mass is 9.32. The Hall–Kier alpha value is -1.72. The van der Waals surface area contributed by atoms with E-state index in [1.165, 1.54) is 31.3 Å². The van der Waals surface area contributed by atoms with E-state index in [0.717, 1.165) is 63.5 Å². The number of aliphatic carboxylic acids is 1. The van der Waals surface area contributed by atoms with Crippen molar-refractivity contribution < 1.29 is 24.2 Å². The Morgan fingerprint density at radius 1 is 0.870 bits per heavy atom. The first-order valence-electron chi connectivity index (χ1n) is 21.7. The molecule has 8 heteroatoms. The normalized spacial score (nSPS) is 41.1. The van der Waals surface area contributed by atoms with Crippen LogP contribution in [0.1, 0.15) is 166 Å². The maximum absolute atomic E-state index is 13.9. The Balaban J connectivity index is 0.00000276. The molecule has 54 heavy (non-hydrogen) atoms. The third kappa shape index (κ3) is 7.54. The number of ether oxygens (including phenoxy) is 1. The van der Waals surface area contributed by atoms with E-state index < -0.39 is 11.4 Å². The maximum atomic E-state index is 13.9. The molecule has 6 aliphatic rings. The molecule has 0 radical (unpaired) electrons. The molecule has 1 amide bonds. The summed E-state index contributed by atoms with van der Waals surface area (Å²) in [6, 6.07) is 0.220. The molecule has 1 heterocycles. The molecule has 11 atom stereocenters. The molecule has 1 aliphatic heterocycles. The summed E-state index contributed by atoms with van der Waals surface area (Å²) >= 11 is 0. The molecule has 2 N–H and O–H groups in total. The van der Waals surface area contributed by atoms with Crippen LogP contribution in [0.15, 0.2) is 12.2 Å². The monoisotopic (exact) mass is 769 g/mol. The minimum absolute atomic E-state index is 0.0469. The number of carboxylic acids is 1. The number of carbonyl (C=O) groups is 3. The van der Waals surface area contributed by atoms with Gasteiger partial charge in [0.15, 0.2) is 0 Å². The number of rotatable bonds is 10. The van der Waals surface area contributed by atoms with Crippen molar-refractivity contribution in [1.29, 1.82) is 0 Å². The van der Waals surface area contributed by atoms with Gasteiger partial charge < -0.3 is 15.2 Å². The summed E-state index contributed by atoms with van der Waals surface area (Å²) in [5.74, 6) is 1.75. The van der Waals surface area contributed by atoms with E-state index in [1.54, 1.807) is 0 Å². The highest BCUT2D eigenvalue weighted by atomic mass is 31.0. The number of hydrogen-bond acceptors (Lipinski definition) is 4. The molecule has 0 spiro atoms. The number of fused-ring (bicyclic) bond motifs is 7. The summed E-state index contributed by atoms with van der Waals surface area (Å²) in [6.45, 7) is 31.0. The number of carbonyl (C=O) groups excluding carboxylic acids is 2. The van der Waals surface area contributed by atoms with Gasteiger partial charge in [-0.25, -0.2) is 0 Å². The van der Waals surface area contributed by atoms with E-state index in [0.29, 0.717) is 36.0 Å². The number of likely N-dealkylation sites (tertiary alicyclic amines) is 1. The Kier molecular flexibility index (Phi) is 12.5. The number of amides is 1. The van der Waals surface area contributed by atoms with Crippen molar-refractivity contribution in [3.05, 3.63) is 12.2 Å². The van der Waals surface area contributed by atoms with Gasteiger partial charge in [-0.2, -0.15) is 0 Å². The Labute approximate surface area is 331 Å². The Morgan fingerprint density at radius 2 is 1.56 bits per heavy atom. The molecule has 0 aromatic carbocycles. The van der Waals surface area contributed by atoms with Crippen LogP contribution in [0.3, 0.4) is 0 Å². The average molecular weight is 769 g/mol. The van der Waals surface area contributed by atoms with Crippen LogP contribution in [0, 0.1) is 62.1 Å². The molecule has 7 nitrogen and oxygen atoms in total. The summed E-state index contributed by atoms with van der Waals surface area (Å²) in [5, 5.41) is 12.8. The lowest BCUT2D eigenvalue weighted by Gasteiger charge is -2.73. The lowest BCUT2D eigenvalue weighted by molar-refractivity contribution is -0.250. The van der Waals surface area contributed by atoms with E-state index in [-0.39, 0.29) is 63.9 Å². The standard InChI is InChI=1S/C44H71N2O5P.C2H6/c1-27(2)30-13-19-44(23-35(47)45-29-16-22-46(26-29)28(3)52)21-20-42(9)31(38(30)44)11-12-33-41(8)17-15-34(40(6,7)32(41)14-18-43(33,42)10)51-37(50)25-39(4,5)24-36(48)49;1-2/h29-34,38,52H,1,11-26H2,2-10H3,(H,45,47)(H,48,49);1-2H3/t29-,30+,31-,32?,33?,34?,38?,41+,42-,43-,44-;/m1./s1. The fourth-order valence-electron chi connectivity index (χ4n) is 14.6. The van der Waals surface area contributed by atoms with Crippen molar-refractivity contribution in [2.24, 2.45) is 62.1 Å². The fourth-order valence-corrected chi connectivity index (χ4v) is 14.8. The van der Waals surface area contributed by atoms with Crippen LogP contribution in [0.4, 0.5) is 0 Å². The molecule has 0 aromatic rings. The second kappa shape index (κ2) is 15.6. The highest BCUT2D eigenvalue weighted by Gasteiger charge is 2.71. The minimum atomic E-state index is -0.882. The van der Waals surface area contributed by atoms with E-state index in [2.05, 4.69) is 74.1 Å². The topological polar surface area (TPSA) is 95.9 Å². The number of hydrogen-bond donors (Lipinski definition) is 2. The first kappa shape index (κ1) is 43.4. The zero-order chi connectivity index (χ0) is 40.2. The van der Waals surface area contributed by atoms with Gasteiger partial charge >= 0.3 is 11.9 Å². The van der Waals surface area contributed by atoms with Crippen molar-refractivity contribution in [2.45, 2.75) is 178 Å². The van der Waals surface area contributed by atoms with Gasteiger partial charge in [0, 0.05) is 36.4 Å². The van der Waals surface area contributed by atoms with Gasteiger partial charge in [-0.05, 0) is 141 Å². The molecule has 5 saturated carbocycles. The Morgan fingerprint density at radius 3 is 2.17 bits per heavy atom. The van der Waals surface area contributed by atoms with E-state index in [1.807, 2.05) is 27.7 Å². The molecular weight excluding hydrogens is 691 g/mol. The third-order valence-electron chi connectivity index (χ3n) is 17.2. The summed E-state index contributed by atoms with van der Waals surface area (Å²) < 4.78 is 6.29. The van der Waals surface area contributed by atoms with Gasteiger partial charge in [0.2, 0.25) is 5.91 Å². The van der Waals surface area contributed by atoms with Crippen LogP contribution in [-0.2, 0) is 19.1 Å². The van der Waals surface area contributed by atoms with E-state index in [9.17, 15) is 19.5 Å². The smallest absolute Gasteiger partial charge is 0.306 e. The molecule has 5 aliphatic carbocycles. The van der Waals surface area contributed by atoms with E-state index >= 15 is 0 Å². The quantitative estimate of drug-likeness (QED) is 0.131. The first-order valence-corrected chi connectivity index (χ1v) is 22.2. The molecule has 4 unspecified atom stereocenters. The summed E-state index contributed by atoms with van der Waals surface area (Å²) in [4.78, 5) is 40.9. The SMILES string of the molecule is C=C(C)[C@@H]1CC[C@]2(CC(=O)N[C@@H]3CCN(C(C)=P)C3)CC[C@]3(C)[C@H](CCC4[C@@]5(C)CCC(OC(=O)CC(C)(C)CC(=O)O)C(C)(C)C5CC[C@]43C)C12.CC. The minimum Gasteiger partial charge on any atom is -0.481 e. The van der Waals surface area contributed by atoms with Crippen molar-refractivity contribution in [1.82, 2.24) is 10.2 Å². The molecule has 0 aromatic heterocycles.